The molecule has 0 radical (unpaired) electrons. The van der Waals surface area contributed by atoms with E-state index in [0.717, 1.165) is 11.1 Å². The van der Waals surface area contributed by atoms with E-state index in [4.69, 9.17) is 13.9 Å². The topological polar surface area (TPSA) is 73.6 Å². The second-order valence-corrected chi connectivity index (χ2v) is 5.36. The van der Waals surface area contributed by atoms with E-state index in [9.17, 15) is 4.79 Å². The van der Waals surface area contributed by atoms with Gasteiger partial charge in [-0.2, -0.15) is 0 Å². The third-order valence-corrected chi connectivity index (χ3v) is 3.61. The molecule has 0 unspecified atom stereocenters. The average molecular weight is 338 g/mol. The van der Waals surface area contributed by atoms with Crippen molar-refractivity contribution in [2.24, 2.45) is 0 Å². The molecule has 0 aliphatic rings. The summed E-state index contributed by atoms with van der Waals surface area (Å²) in [6.07, 6.45) is 3.13. The summed E-state index contributed by atoms with van der Waals surface area (Å²) in [5.74, 6) is 1.74. The summed E-state index contributed by atoms with van der Waals surface area (Å²) in [5.41, 5.74) is 1.54. The maximum absolute atomic E-state index is 12.2. The summed E-state index contributed by atoms with van der Waals surface area (Å²) >= 11 is 0. The van der Waals surface area contributed by atoms with Crippen molar-refractivity contribution in [1.82, 2.24) is 10.3 Å². The number of aromatic nitrogens is 1. The van der Waals surface area contributed by atoms with E-state index in [0.29, 0.717) is 23.1 Å². The zero-order valence-electron chi connectivity index (χ0n) is 14.0. The molecule has 0 bridgehead atoms. The van der Waals surface area contributed by atoms with Gasteiger partial charge in [0, 0.05) is 29.9 Å². The zero-order valence-corrected chi connectivity index (χ0v) is 14.0. The van der Waals surface area contributed by atoms with E-state index in [1.165, 1.54) is 6.26 Å². The van der Waals surface area contributed by atoms with Crippen molar-refractivity contribution in [3.05, 3.63) is 71.8 Å². The quantitative estimate of drug-likeness (QED) is 0.741. The van der Waals surface area contributed by atoms with Gasteiger partial charge in [-0.3, -0.25) is 4.79 Å². The summed E-state index contributed by atoms with van der Waals surface area (Å²) in [6, 6.07) is 12.6. The van der Waals surface area contributed by atoms with Crippen LogP contribution in [0.4, 0.5) is 0 Å². The van der Waals surface area contributed by atoms with Crippen LogP contribution in [0.25, 0.3) is 0 Å². The largest absolute Gasteiger partial charge is 0.497 e. The Bertz CT molecular complexity index is 873. The van der Waals surface area contributed by atoms with Gasteiger partial charge in [0.1, 0.15) is 11.5 Å². The number of carbonyl (C=O) groups excluding carboxylic acids is 1. The Morgan fingerprint density at radius 3 is 2.80 bits per heavy atom. The lowest BCUT2D eigenvalue weighted by atomic mass is 10.2. The average Bonchev–Trinajstić information content (AvgIpc) is 3.07. The second kappa shape index (κ2) is 7.53. The predicted octanol–water partition coefficient (Wildman–Crippen LogP) is 3.71. The fraction of sp³-hybridized carbons (Fsp3) is 0.158. The number of carbonyl (C=O) groups is 1. The molecule has 2 aromatic heterocycles. The highest BCUT2D eigenvalue weighted by atomic mass is 16.5. The standard InChI is InChI=1S/C19H18N2O4/c1-13-8-10-24-17(13)18(22)21-12-14-5-4-9-20-19(14)25-16-7-3-6-15(11-16)23-2/h3-11H,12H2,1-2H3,(H,21,22). The summed E-state index contributed by atoms with van der Waals surface area (Å²) in [5, 5.41) is 2.81. The number of nitrogens with zero attached hydrogens (tertiary/aromatic N) is 1. The Hall–Kier alpha value is -3.28. The molecule has 0 aliphatic heterocycles. The van der Waals surface area contributed by atoms with Crippen LogP contribution in [0, 0.1) is 6.92 Å². The van der Waals surface area contributed by atoms with Crippen molar-refractivity contribution in [3.8, 4) is 17.4 Å². The Morgan fingerprint density at radius 1 is 1.20 bits per heavy atom. The van der Waals surface area contributed by atoms with Crippen LogP contribution >= 0.6 is 0 Å². The van der Waals surface area contributed by atoms with Gasteiger partial charge >= 0.3 is 0 Å². The number of hydrogen-bond acceptors (Lipinski definition) is 5. The fourth-order valence-electron chi connectivity index (χ4n) is 2.29. The van der Waals surface area contributed by atoms with E-state index in [-0.39, 0.29) is 12.5 Å². The van der Waals surface area contributed by atoms with Gasteiger partial charge < -0.3 is 19.2 Å². The first-order chi connectivity index (χ1) is 12.2. The molecular formula is C19H18N2O4. The van der Waals surface area contributed by atoms with Gasteiger partial charge in [-0.1, -0.05) is 12.1 Å². The molecule has 1 N–H and O–H groups in total. The van der Waals surface area contributed by atoms with Gasteiger partial charge in [0.15, 0.2) is 5.76 Å². The lowest BCUT2D eigenvalue weighted by Crippen LogP contribution is -2.23. The predicted molar refractivity (Wildman–Crippen MR) is 91.9 cm³/mol. The number of ether oxygens (including phenoxy) is 2. The summed E-state index contributed by atoms with van der Waals surface area (Å²) in [7, 11) is 1.59. The van der Waals surface area contributed by atoms with Crippen molar-refractivity contribution in [2.45, 2.75) is 13.5 Å². The van der Waals surface area contributed by atoms with Gasteiger partial charge in [-0.05, 0) is 31.2 Å². The van der Waals surface area contributed by atoms with Crippen LogP contribution in [0.15, 0.2) is 59.3 Å². The molecule has 3 rings (SSSR count). The molecule has 1 aromatic carbocycles. The summed E-state index contributed by atoms with van der Waals surface area (Å²) in [4.78, 5) is 16.4. The van der Waals surface area contributed by atoms with E-state index >= 15 is 0 Å². The van der Waals surface area contributed by atoms with Gasteiger partial charge in [0.25, 0.3) is 5.91 Å². The maximum atomic E-state index is 12.2. The Balaban J connectivity index is 1.72. The number of benzene rings is 1. The van der Waals surface area contributed by atoms with Crippen molar-refractivity contribution in [2.75, 3.05) is 7.11 Å². The normalized spacial score (nSPS) is 10.3. The molecule has 0 atom stereocenters. The number of aryl methyl sites for hydroxylation is 1. The molecule has 0 aliphatic carbocycles. The van der Waals surface area contributed by atoms with Crippen LogP contribution < -0.4 is 14.8 Å². The first kappa shape index (κ1) is 16.6. The van der Waals surface area contributed by atoms with Gasteiger partial charge in [0.05, 0.1) is 13.4 Å². The molecular weight excluding hydrogens is 320 g/mol. The molecule has 2 heterocycles. The summed E-state index contributed by atoms with van der Waals surface area (Å²) in [6.45, 7) is 2.09. The van der Waals surface area contributed by atoms with Crippen molar-refractivity contribution in [3.63, 3.8) is 0 Å². The number of pyridine rings is 1. The highest BCUT2D eigenvalue weighted by molar-refractivity contribution is 5.92. The summed E-state index contributed by atoms with van der Waals surface area (Å²) < 4.78 is 16.2. The molecule has 0 spiro atoms. The second-order valence-electron chi connectivity index (χ2n) is 5.36. The minimum atomic E-state index is -0.279. The fourth-order valence-corrected chi connectivity index (χ4v) is 2.29. The molecule has 0 saturated carbocycles. The van der Waals surface area contributed by atoms with Crippen molar-refractivity contribution in [1.29, 1.82) is 0 Å². The van der Waals surface area contributed by atoms with E-state index < -0.39 is 0 Å². The van der Waals surface area contributed by atoms with Crippen LogP contribution in [-0.4, -0.2) is 18.0 Å². The molecule has 6 nitrogen and oxygen atoms in total. The molecule has 128 valence electrons. The third kappa shape index (κ3) is 3.98. The van der Waals surface area contributed by atoms with Crippen LogP contribution in [0.2, 0.25) is 0 Å². The zero-order chi connectivity index (χ0) is 17.6. The Kier molecular flexibility index (Phi) is 4.99. The first-order valence-corrected chi connectivity index (χ1v) is 7.75. The number of amides is 1. The monoisotopic (exact) mass is 338 g/mol. The number of methoxy groups -OCH3 is 1. The highest BCUT2D eigenvalue weighted by Crippen LogP contribution is 2.26. The van der Waals surface area contributed by atoms with Crippen LogP contribution in [0.5, 0.6) is 17.4 Å². The third-order valence-electron chi connectivity index (χ3n) is 3.61. The SMILES string of the molecule is COc1cccc(Oc2ncccc2CNC(=O)c2occc2C)c1. The molecule has 0 fully saturated rings. The highest BCUT2D eigenvalue weighted by Gasteiger charge is 2.14. The molecule has 0 saturated heterocycles. The number of furan rings is 1. The van der Waals surface area contributed by atoms with Crippen LogP contribution in [0.3, 0.4) is 0 Å². The van der Waals surface area contributed by atoms with Gasteiger partial charge in [0.2, 0.25) is 5.88 Å². The molecule has 25 heavy (non-hydrogen) atoms. The van der Waals surface area contributed by atoms with E-state index in [2.05, 4.69) is 10.3 Å². The minimum Gasteiger partial charge on any atom is -0.497 e. The molecule has 3 aromatic rings. The lowest BCUT2D eigenvalue weighted by Gasteiger charge is -2.11. The number of rotatable bonds is 6. The smallest absolute Gasteiger partial charge is 0.287 e. The lowest BCUT2D eigenvalue weighted by molar-refractivity contribution is 0.0922. The van der Waals surface area contributed by atoms with E-state index in [1.54, 1.807) is 31.5 Å². The molecule has 6 heteroatoms. The van der Waals surface area contributed by atoms with E-state index in [1.807, 2.05) is 31.2 Å². The maximum Gasteiger partial charge on any atom is 0.287 e. The Morgan fingerprint density at radius 2 is 2.04 bits per heavy atom. The minimum absolute atomic E-state index is 0.270. The van der Waals surface area contributed by atoms with Crippen LogP contribution in [0.1, 0.15) is 21.7 Å². The number of hydrogen-bond donors (Lipinski definition) is 1. The van der Waals surface area contributed by atoms with Crippen molar-refractivity contribution < 1.29 is 18.7 Å². The molecule has 1 amide bonds. The van der Waals surface area contributed by atoms with Crippen LogP contribution in [-0.2, 0) is 6.54 Å². The number of nitrogens with one attached hydrogen (secondary N) is 1. The van der Waals surface area contributed by atoms with Gasteiger partial charge in [-0.15, -0.1) is 0 Å². The first-order valence-electron chi connectivity index (χ1n) is 7.75. The Labute approximate surface area is 145 Å². The van der Waals surface area contributed by atoms with Gasteiger partial charge in [-0.25, -0.2) is 4.98 Å². The van der Waals surface area contributed by atoms with Crippen molar-refractivity contribution >= 4 is 5.91 Å².